The Morgan fingerprint density at radius 2 is 1.91 bits per heavy atom. The van der Waals surface area contributed by atoms with E-state index >= 15 is 0 Å². The summed E-state index contributed by atoms with van der Waals surface area (Å²) in [6.07, 6.45) is 9.86. The molecule has 2 unspecified atom stereocenters. The van der Waals surface area contributed by atoms with Gasteiger partial charge in [0.15, 0.2) is 0 Å². The van der Waals surface area contributed by atoms with Gasteiger partial charge in [-0.1, -0.05) is 44.9 Å². The van der Waals surface area contributed by atoms with Crippen molar-refractivity contribution in [3.05, 3.63) is 24.3 Å². The van der Waals surface area contributed by atoms with Crippen LogP contribution in [0, 0.1) is 11.8 Å². The van der Waals surface area contributed by atoms with Crippen molar-refractivity contribution < 1.29 is 14.4 Å². The molecule has 0 fully saturated rings. The van der Waals surface area contributed by atoms with Crippen LogP contribution in [0.3, 0.4) is 0 Å². The van der Waals surface area contributed by atoms with Crippen molar-refractivity contribution >= 4 is 19.4 Å². The molecule has 0 aromatic rings. The number of hydrogen-bond donors (Lipinski definition) is 2. The van der Waals surface area contributed by atoms with E-state index < -0.39 is 7.60 Å². The summed E-state index contributed by atoms with van der Waals surface area (Å²) in [6, 6.07) is 0. The van der Waals surface area contributed by atoms with E-state index in [0.29, 0.717) is 5.92 Å². The number of rotatable bonds is 12. The largest absolute Gasteiger partial charge is 0.335 e. The van der Waals surface area contributed by atoms with E-state index in [1.165, 1.54) is 36.6 Å². The average molecular weight is 348 g/mol. The zero-order valence-corrected chi connectivity index (χ0v) is 16.2. The third kappa shape index (κ3) is 12.5. The SMILES string of the molecule is C=CC(SCP(=O)(O)O)C(C)CC/C=C(\C)CCCC(C)C. The Labute approximate surface area is 140 Å². The van der Waals surface area contributed by atoms with Crippen molar-refractivity contribution in [3.63, 3.8) is 0 Å². The second-order valence-corrected chi connectivity index (χ2v) is 9.79. The Hall–Kier alpha value is -0.0200. The Morgan fingerprint density at radius 1 is 1.27 bits per heavy atom. The molecule has 0 aromatic heterocycles. The van der Waals surface area contributed by atoms with Crippen LogP contribution in [0.2, 0.25) is 0 Å². The highest BCUT2D eigenvalue weighted by Crippen LogP contribution is 2.41. The molecule has 0 radical (unpaired) electrons. The number of allylic oxidation sites excluding steroid dienone is 2. The predicted octanol–water partition coefficient (Wildman–Crippen LogP) is 5.60. The molecule has 2 atom stereocenters. The molecule has 0 heterocycles. The van der Waals surface area contributed by atoms with Gasteiger partial charge in [0.05, 0.1) is 5.49 Å². The lowest BCUT2D eigenvalue weighted by Crippen LogP contribution is -2.12. The summed E-state index contributed by atoms with van der Waals surface area (Å²) in [4.78, 5) is 17.9. The monoisotopic (exact) mass is 348 g/mol. The third-order valence-electron chi connectivity index (χ3n) is 3.70. The van der Waals surface area contributed by atoms with E-state index in [1.807, 2.05) is 6.08 Å². The smallest absolute Gasteiger partial charge is 0.324 e. The minimum Gasteiger partial charge on any atom is -0.324 e. The predicted molar refractivity (Wildman–Crippen MR) is 99.3 cm³/mol. The molecule has 0 amide bonds. The second-order valence-electron chi connectivity index (χ2n) is 6.55. The minimum atomic E-state index is -3.93. The summed E-state index contributed by atoms with van der Waals surface area (Å²) >= 11 is 1.31. The molecule has 0 aliphatic rings. The summed E-state index contributed by atoms with van der Waals surface area (Å²) in [5.41, 5.74) is 1.32. The van der Waals surface area contributed by atoms with Crippen LogP contribution in [0.5, 0.6) is 0 Å². The minimum absolute atomic E-state index is 0.0993. The van der Waals surface area contributed by atoms with Crippen LogP contribution >= 0.6 is 19.4 Å². The lowest BCUT2D eigenvalue weighted by atomic mass is 9.99. The Kier molecular flexibility index (Phi) is 11.5. The maximum Gasteiger partial charge on any atom is 0.335 e. The zero-order valence-electron chi connectivity index (χ0n) is 14.5. The highest BCUT2D eigenvalue weighted by Gasteiger charge is 2.20. The third-order valence-corrected chi connectivity index (χ3v) is 6.68. The first-order valence-electron chi connectivity index (χ1n) is 8.10. The fourth-order valence-corrected chi connectivity index (χ4v) is 4.36. The molecule has 0 spiro atoms. The average Bonchev–Trinajstić information content (AvgIpc) is 2.37. The van der Waals surface area contributed by atoms with Gasteiger partial charge in [0.25, 0.3) is 0 Å². The normalized spacial score (nSPS) is 15.9. The van der Waals surface area contributed by atoms with Crippen LogP contribution < -0.4 is 0 Å². The van der Waals surface area contributed by atoms with Crippen LogP contribution in [0.25, 0.3) is 0 Å². The maximum atomic E-state index is 11.0. The molecular formula is C17H33O3PS. The first-order valence-corrected chi connectivity index (χ1v) is 10.9. The molecule has 2 N–H and O–H groups in total. The van der Waals surface area contributed by atoms with E-state index in [0.717, 1.165) is 18.8 Å². The highest BCUT2D eigenvalue weighted by atomic mass is 32.2. The van der Waals surface area contributed by atoms with Crippen LogP contribution in [0.1, 0.15) is 59.8 Å². The number of thioether (sulfide) groups is 1. The molecule has 3 nitrogen and oxygen atoms in total. The molecule has 22 heavy (non-hydrogen) atoms. The van der Waals surface area contributed by atoms with Crippen LogP contribution in [0.15, 0.2) is 24.3 Å². The van der Waals surface area contributed by atoms with Crippen molar-refractivity contribution in [3.8, 4) is 0 Å². The fourth-order valence-electron chi connectivity index (χ4n) is 2.30. The lowest BCUT2D eigenvalue weighted by Gasteiger charge is -2.20. The summed E-state index contributed by atoms with van der Waals surface area (Å²) in [7, 11) is -3.93. The van der Waals surface area contributed by atoms with Gasteiger partial charge in [-0.15, -0.1) is 18.3 Å². The van der Waals surface area contributed by atoms with Crippen molar-refractivity contribution in [1.29, 1.82) is 0 Å². The highest BCUT2D eigenvalue weighted by molar-refractivity contribution is 8.05. The van der Waals surface area contributed by atoms with Gasteiger partial charge in [-0.25, -0.2) is 0 Å². The summed E-state index contributed by atoms with van der Waals surface area (Å²) in [5.74, 6) is 1.14. The van der Waals surface area contributed by atoms with Crippen molar-refractivity contribution in [2.45, 2.75) is 65.0 Å². The van der Waals surface area contributed by atoms with Gasteiger partial charge in [-0.2, -0.15) is 0 Å². The van der Waals surface area contributed by atoms with Crippen LogP contribution in [0.4, 0.5) is 0 Å². The van der Waals surface area contributed by atoms with Crippen LogP contribution in [-0.2, 0) is 4.57 Å². The summed E-state index contributed by atoms with van der Waals surface area (Å²) in [6.45, 7) is 12.6. The quantitative estimate of drug-likeness (QED) is 0.356. The molecule has 0 aliphatic heterocycles. The van der Waals surface area contributed by atoms with E-state index in [1.54, 1.807) is 0 Å². The van der Waals surface area contributed by atoms with E-state index in [-0.39, 0.29) is 10.7 Å². The molecule has 130 valence electrons. The maximum absolute atomic E-state index is 11.0. The van der Waals surface area contributed by atoms with E-state index in [2.05, 4.69) is 40.3 Å². The van der Waals surface area contributed by atoms with Crippen LogP contribution in [-0.4, -0.2) is 20.5 Å². The fraction of sp³-hybridized carbons (Fsp3) is 0.765. The first kappa shape index (κ1) is 22.0. The Balaban J connectivity index is 4.10. The zero-order chi connectivity index (χ0) is 17.2. The topological polar surface area (TPSA) is 57.5 Å². The molecule has 0 aliphatic carbocycles. The Bertz CT molecular complexity index is 387. The van der Waals surface area contributed by atoms with Gasteiger partial charge in [0.2, 0.25) is 0 Å². The van der Waals surface area contributed by atoms with Gasteiger partial charge in [0, 0.05) is 5.25 Å². The van der Waals surface area contributed by atoms with Gasteiger partial charge < -0.3 is 9.79 Å². The first-order chi connectivity index (χ1) is 10.2. The molecule has 0 saturated carbocycles. The summed E-state index contributed by atoms with van der Waals surface area (Å²) in [5, 5.41) is 0.0993. The van der Waals surface area contributed by atoms with Crippen molar-refractivity contribution in [2.75, 3.05) is 5.49 Å². The Morgan fingerprint density at radius 3 is 2.41 bits per heavy atom. The van der Waals surface area contributed by atoms with Gasteiger partial charge in [-0.05, 0) is 44.4 Å². The number of hydrogen-bond acceptors (Lipinski definition) is 2. The standard InChI is InChI=1S/C17H33O3PS/c1-6-17(22-13-21(18,19)20)16(5)12-8-11-15(4)10-7-9-14(2)3/h6,11,14,16-17H,1,7-10,12-13H2,2-5H3,(H2,18,19,20)/b15-11+. The van der Waals surface area contributed by atoms with Gasteiger partial charge in [-0.3, -0.25) is 4.57 Å². The van der Waals surface area contributed by atoms with E-state index in [4.69, 9.17) is 9.79 Å². The molecule has 0 rings (SSSR count). The van der Waals surface area contributed by atoms with Gasteiger partial charge >= 0.3 is 7.60 Å². The molecule has 5 heteroatoms. The van der Waals surface area contributed by atoms with E-state index in [9.17, 15) is 4.57 Å². The molecular weight excluding hydrogens is 315 g/mol. The van der Waals surface area contributed by atoms with Crippen molar-refractivity contribution in [2.24, 2.45) is 11.8 Å². The molecule has 0 bridgehead atoms. The molecule has 0 aromatic carbocycles. The van der Waals surface area contributed by atoms with Crippen molar-refractivity contribution in [1.82, 2.24) is 0 Å². The summed E-state index contributed by atoms with van der Waals surface area (Å²) < 4.78 is 11.0. The molecule has 0 saturated heterocycles. The lowest BCUT2D eigenvalue weighted by molar-refractivity contribution is 0.379. The van der Waals surface area contributed by atoms with Gasteiger partial charge in [0.1, 0.15) is 0 Å². The second kappa shape index (κ2) is 11.5.